The number of allylic oxidation sites excluding steroid dienone is 1. The molecule has 2 rings (SSSR count). The summed E-state index contributed by atoms with van der Waals surface area (Å²) in [5.41, 5.74) is -3.40. The maximum Gasteiger partial charge on any atom is 0.417 e. The van der Waals surface area contributed by atoms with E-state index in [1.54, 1.807) is 0 Å². The van der Waals surface area contributed by atoms with Gasteiger partial charge in [0.05, 0.1) is 33.5 Å². The van der Waals surface area contributed by atoms with Crippen molar-refractivity contribution in [3.63, 3.8) is 0 Å². The molecule has 0 heterocycles. The molecule has 2 aromatic carbocycles. The number of carbonyl (C=O) groups is 2. The molecule has 40 heavy (non-hydrogen) atoms. The van der Waals surface area contributed by atoms with Gasteiger partial charge in [-0.3, -0.25) is 9.59 Å². The molecule has 1 amide bonds. The molecule has 2 atom stereocenters. The summed E-state index contributed by atoms with van der Waals surface area (Å²) in [6.07, 6.45) is -16.3. The summed E-state index contributed by atoms with van der Waals surface area (Å²) in [4.78, 5) is 24.2. The molecule has 0 bridgehead atoms. The Bertz CT molecular complexity index is 1250. The fourth-order valence-electron chi connectivity index (χ4n) is 3.55. The minimum absolute atomic E-state index is 0.382. The minimum Gasteiger partial charge on any atom is -0.349 e. The Morgan fingerprint density at radius 1 is 0.950 bits per heavy atom. The average Bonchev–Trinajstić information content (AvgIpc) is 2.79. The molecule has 3 nitrogen and oxygen atoms in total. The van der Waals surface area contributed by atoms with E-state index in [9.17, 15) is 53.5 Å². The molecule has 0 saturated carbocycles. The predicted octanol–water partition coefficient (Wildman–Crippen LogP) is 8.93. The van der Waals surface area contributed by atoms with Gasteiger partial charge in [-0.1, -0.05) is 41.4 Å². The fourth-order valence-corrected chi connectivity index (χ4v) is 4.05. The van der Waals surface area contributed by atoms with Gasteiger partial charge in [-0.05, 0) is 42.3 Å². The van der Waals surface area contributed by atoms with Crippen molar-refractivity contribution in [2.24, 2.45) is 0 Å². The van der Waals surface area contributed by atoms with Crippen LogP contribution in [0.15, 0.2) is 36.4 Å². The minimum atomic E-state index is -5.14. The Morgan fingerprint density at radius 3 is 2.02 bits per heavy atom. The molecule has 1 unspecified atom stereocenters. The number of nitrogens with one attached hydrogen (secondary N) is 1. The third-order valence-electron chi connectivity index (χ3n) is 5.39. The molecule has 0 aliphatic heterocycles. The summed E-state index contributed by atoms with van der Waals surface area (Å²) >= 11 is 11.1. The van der Waals surface area contributed by atoms with Gasteiger partial charge in [0.2, 0.25) is 0 Å². The van der Waals surface area contributed by atoms with Gasteiger partial charge in [-0.15, -0.1) is 0 Å². The number of halogens is 12. The van der Waals surface area contributed by atoms with Crippen molar-refractivity contribution in [2.75, 3.05) is 0 Å². The van der Waals surface area contributed by atoms with Crippen LogP contribution in [0, 0.1) is 5.82 Å². The monoisotopic (exact) mass is 625 g/mol. The van der Waals surface area contributed by atoms with Gasteiger partial charge in [-0.25, -0.2) is 4.39 Å². The maximum atomic E-state index is 13.7. The second-order valence-corrected chi connectivity index (χ2v) is 9.53. The highest BCUT2D eigenvalue weighted by Gasteiger charge is 2.40. The van der Waals surface area contributed by atoms with Crippen molar-refractivity contribution in [3.8, 4) is 0 Å². The molecule has 0 fully saturated rings. The van der Waals surface area contributed by atoms with E-state index in [2.05, 4.69) is 5.32 Å². The Labute approximate surface area is 231 Å². The number of ketones is 1. The standard InChI is InChI=1S/C25H19Cl2F10NO2/c1-12(8-15(39)6-7-23(29,30)31)38-22(40)16-4-2-13(9-18(16)25(35,36)37)3-5-17(24(32,33)34)14-10-19(26)21(28)20(27)11-14/h2-5,9-12,17H,6-8H2,1H3,(H,38,40)/b5-3+/t12-,17?/m1/s1. The Balaban J connectivity index is 2.31. The smallest absolute Gasteiger partial charge is 0.349 e. The first kappa shape index (κ1) is 33.4. The summed E-state index contributed by atoms with van der Waals surface area (Å²) < 4.78 is 133. The second-order valence-electron chi connectivity index (χ2n) is 8.71. The van der Waals surface area contributed by atoms with Crippen LogP contribution < -0.4 is 5.32 Å². The van der Waals surface area contributed by atoms with E-state index in [4.69, 9.17) is 23.2 Å². The lowest BCUT2D eigenvalue weighted by molar-refractivity contribution is -0.143. The quantitative estimate of drug-likeness (QED) is 0.223. The first-order valence-electron chi connectivity index (χ1n) is 11.2. The Kier molecular flexibility index (Phi) is 10.7. The van der Waals surface area contributed by atoms with Crippen LogP contribution in [0.1, 0.15) is 59.2 Å². The third kappa shape index (κ3) is 9.69. The molecule has 220 valence electrons. The molecule has 1 N–H and O–H groups in total. The zero-order chi connectivity index (χ0) is 30.6. The normalized spacial score (nSPS) is 14.3. The van der Waals surface area contributed by atoms with E-state index in [-0.39, 0.29) is 5.56 Å². The lowest BCUT2D eigenvalue weighted by Crippen LogP contribution is -2.35. The van der Waals surface area contributed by atoms with Crippen LogP contribution in [0.3, 0.4) is 0 Å². The predicted molar refractivity (Wildman–Crippen MR) is 128 cm³/mol. The maximum absolute atomic E-state index is 13.7. The summed E-state index contributed by atoms with van der Waals surface area (Å²) in [7, 11) is 0. The van der Waals surface area contributed by atoms with Gasteiger partial charge in [0.15, 0.2) is 5.82 Å². The van der Waals surface area contributed by atoms with E-state index in [1.165, 1.54) is 6.92 Å². The molecule has 0 radical (unpaired) electrons. The van der Waals surface area contributed by atoms with Crippen molar-refractivity contribution in [2.45, 2.75) is 56.7 Å². The average molecular weight is 626 g/mol. The first-order valence-corrected chi connectivity index (χ1v) is 11.9. The van der Waals surface area contributed by atoms with Crippen molar-refractivity contribution < 1.29 is 53.5 Å². The van der Waals surface area contributed by atoms with Gasteiger partial charge in [0.25, 0.3) is 5.91 Å². The largest absolute Gasteiger partial charge is 0.417 e. The van der Waals surface area contributed by atoms with Crippen LogP contribution in [0.25, 0.3) is 6.08 Å². The number of rotatable bonds is 9. The van der Waals surface area contributed by atoms with Crippen LogP contribution >= 0.6 is 23.2 Å². The van der Waals surface area contributed by atoms with Crippen LogP contribution in [-0.4, -0.2) is 30.1 Å². The third-order valence-corrected chi connectivity index (χ3v) is 5.94. The zero-order valence-electron chi connectivity index (χ0n) is 20.2. The van der Waals surface area contributed by atoms with E-state index in [0.29, 0.717) is 36.4 Å². The van der Waals surface area contributed by atoms with E-state index >= 15 is 0 Å². The lowest BCUT2D eigenvalue weighted by atomic mass is 9.96. The van der Waals surface area contributed by atoms with Crippen LogP contribution in [0.2, 0.25) is 10.0 Å². The molecule has 15 heteroatoms. The van der Waals surface area contributed by atoms with E-state index in [0.717, 1.165) is 6.07 Å². The molecule has 0 saturated heterocycles. The molecule has 0 aromatic heterocycles. The van der Waals surface area contributed by atoms with Gasteiger partial charge in [0.1, 0.15) is 5.78 Å². The number of benzene rings is 2. The van der Waals surface area contributed by atoms with Gasteiger partial charge >= 0.3 is 18.5 Å². The molecular weight excluding hydrogens is 607 g/mol. The van der Waals surface area contributed by atoms with Crippen molar-refractivity contribution in [3.05, 3.63) is 74.5 Å². The summed E-state index contributed by atoms with van der Waals surface area (Å²) in [6.45, 7) is 1.21. The van der Waals surface area contributed by atoms with Gasteiger partial charge < -0.3 is 5.32 Å². The lowest BCUT2D eigenvalue weighted by Gasteiger charge is -2.19. The number of amides is 1. The summed E-state index contributed by atoms with van der Waals surface area (Å²) in [6, 6.07) is 2.28. The summed E-state index contributed by atoms with van der Waals surface area (Å²) in [5.74, 6) is -5.76. The van der Waals surface area contributed by atoms with Crippen molar-refractivity contribution in [1.82, 2.24) is 5.32 Å². The number of carbonyl (C=O) groups excluding carboxylic acids is 2. The van der Waals surface area contributed by atoms with Crippen LogP contribution in [0.5, 0.6) is 0 Å². The highest BCUT2D eigenvalue weighted by Crippen LogP contribution is 2.40. The fraction of sp³-hybridized carbons (Fsp3) is 0.360. The van der Waals surface area contributed by atoms with Gasteiger partial charge in [-0.2, -0.15) is 39.5 Å². The van der Waals surface area contributed by atoms with Crippen LogP contribution in [0.4, 0.5) is 43.9 Å². The van der Waals surface area contributed by atoms with Gasteiger partial charge in [0, 0.05) is 18.9 Å². The number of Topliss-reactive ketones (excluding diaryl/α,β-unsaturated/α-hetero) is 1. The van der Waals surface area contributed by atoms with Crippen LogP contribution in [-0.2, 0) is 11.0 Å². The Morgan fingerprint density at radius 2 is 1.52 bits per heavy atom. The van der Waals surface area contributed by atoms with E-state index < -0.39 is 94.0 Å². The molecule has 2 aromatic rings. The first-order chi connectivity index (χ1) is 18.2. The van der Waals surface area contributed by atoms with Crippen molar-refractivity contribution >= 4 is 41.0 Å². The number of hydrogen-bond donors (Lipinski definition) is 1. The summed E-state index contributed by atoms with van der Waals surface area (Å²) in [5, 5.41) is 0.703. The molecule has 0 spiro atoms. The molecule has 0 aliphatic carbocycles. The highest BCUT2D eigenvalue weighted by atomic mass is 35.5. The van der Waals surface area contributed by atoms with E-state index in [1.807, 2.05) is 0 Å². The topological polar surface area (TPSA) is 46.2 Å². The Hall–Kier alpha value is -2.80. The number of hydrogen-bond acceptors (Lipinski definition) is 2. The second kappa shape index (κ2) is 12.8. The molecule has 0 aliphatic rings. The highest BCUT2D eigenvalue weighted by molar-refractivity contribution is 6.35. The van der Waals surface area contributed by atoms with Crippen molar-refractivity contribution in [1.29, 1.82) is 0 Å². The molecular formula is C25H19Cl2F10NO2. The zero-order valence-corrected chi connectivity index (χ0v) is 21.7. The number of alkyl halides is 9. The SMILES string of the molecule is C[C@H](CC(=O)CCC(F)(F)F)NC(=O)c1ccc(/C=C/C(c2cc(Cl)c(F)c(Cl)c2)C(F)(F)F)cc1C(F)(F)F.